The molecule has 1 N–H and O–H groups in total. The lowest BCUT2D eigenvalue weighted by Crippen LogP contribution is -2.38. The lowest BCUT2D eigenvalue weighted by atomic mass is 10.2. The largest absolute Gasteiger partial charge is 0.467 e. The van der Waals surface area contributed by atoms with Crippen LogP contribution in [0, 0.1) is 0 Å². The van der Waals surface area contributed by atoms with E-state index in [9.17, 15) is 9.59 Å². The van der Waals surface area contributed by atoms with Gasteiger partial charge in [-0.1, -0.05) is 28.1 Å². The summed E-state index contributed by atoms with van der Waals surface area (Å²) >= 11 is 3.34. The summed E-state index contributed by atoms with van der Waals surface area (Å²) in [5.74, 6) is -0.813. The molecule has 0 spiro atoms. The molecule has 0 heterocycles. The van der Waals surface area contributed by atoms with Crippen LogP contribution in [-0.4, -0.2) is 25.0 Å². The van der Waals surface area contributed by atoms with Gasteiger partial charge in [0, 0.05) is 10.5 Å². The quantitative estimate of drug-likeness (QED) is 0.684. The van der Waals surface area contributed by atoms with Crippen LogP contribution in [0.3, 0.4) is 0 Å². The molecule has 4 nitrogen and oxygen atoms in total. The minimum atomic E-state index is -0.658. The third-order valence-electron chi connectivity index (χ3n) is 2.19. The minimum absolute atomic E-state index is 0.340. The number of esters is 1. The number of halogens is 1. The van der Waals surface area contributed by atoms with E-state index in [0.717, 1.165) is 10.0 Å². The van der Waals surface area contributed by atoms with Crippen LogP contribution >= 0.6 is 15.9 Å². The highest BCUT2D eigenvalue weighted by Crippen LogP contribution is 2.12. The van der Waals surface area contributed by atoms with Crippen molar-refractivity contribution in [3.8, 4) is 0 Å². The molecule has 0 unspecified atom stereocenters. The fourth-order valence-electron chi connectivity index (χ4n) is 1.28. The highest BCUT2D eigenvalue weighted by atomic mass is 79.9. The molecular weight excluding hydrogens is 298 g/mol. The summed E-state index contributed by atoms with van der Waals surface area (Å²) in [6.45, 7) is 1.57. The molecule has 1 aromatic rings. The number of benzene rings is 1. The molecule has 1 amide bonds. The summed E-state index contributed by atoms with van der Waals surface area (Å²) in [6, 6.07) is 6.87. The van der Waals surface area contributed by atoms with Gasteiger partial charge >= 0.3 is 5.97 Å². The average Bonchev–Trinajstić information content (AvgIpc) is 2.35. The standard InChI is InChI=1S/C13H14BrNO3/c1-9(13(17)18-2)15-12(16)7-6-10-4-3-5-11(14)8-10/h3-9H,1-2H3,(H,15,16)/b7-6+/t9-/m0/s1. The molecular formula is C13H14BrNO3. The number of methoxy groups -OCH3 is 1. The molecule has 0 saturated carbocycles. The van der Waals surface area contributed by atoms with Crippen LogP contribution in [0.2, 0.25) is 0 Å². The topological polar surface area (TPSA) is 55.4 Å². The smallest absolute Gasteiger partial charge is 0.328 e. The molecule has 1 atom stereocenters. The molecule has 0 aliphatic carbocycles. The zero-order valence-corrected chi connectivity index (χ0v) is 11.7. The van der Waals surface area contributed by atoms with Crippen molar-refractivity contribution in [1.82, 2.24) is 5.32 Å². The van der Waals surface area contributed by atoms with Gasteiger partial charge in [0.15, 0.2) is 0 Å². The number of amides is 1. The summed E-state index contributed by atoms with van der Waals surface area (Å²) in [4.78, 5) is 22.6. The van der Waals surface area contributed by atoms with Crippen molar-refractivity contribution in [2.24, 2.45) is 0 Å². The number of hydrogen-bond donors (Lipinski definition) is 1. The molecule has 0 bridgehead atoms. The lowest BCUT2D eigenvalue weighted by Gasteiger charge is -2.09. The van der Waals surface area contributed by atoms with E-state index in [1.807, 2.05) is 24.3 Å². The summed E-state index contributed by atoms with van der Waals surface area (Å²) in [7, 11) is 1.28. The van der Waals surface area contributed by atoms with Gasteiger partial charge in [-0.05, 0) is 30.7 Å². The summed E-state index contributed by atoms with van der Waals surface area (Å²) in [5.41, 5.74) is 0.894. The number of rotatable bonds is 4. The number of ether oxygens (including phenoxy) is 1. The zero-order chi connectivity index (χ0) is 13.5. The maximum atomic E-state index is 11.5. The van der Waals surface area contributed by atoms with Gasteiger partial charge in [0.1, 0.15) is 6.04 Å². The van der Waals surface area contributed by atoms with Crippen molar-refractivity contribution in [3.05, 3.63) is 40.4 Å². The highest BCUT2D eigenvalue weighted by molar-refractivity contribution is 9.10. The molecule has 0 aliphatic rings. The zero-order valence-electron chi connectivity index (χ0n) is 10.1. The van der Waals surface area contributed by atoms with Crippen LogP contribution in [-0.2, 0) is 14.3 Å². The van der Waals surface area contributed by atoms with Gasteiger partial charge in [-0.2, -0.15) is 0 Å². The predicted molar refractivity (Wildman–Crippen MR) is 72.8 cm³/mol. The van der Waals surface area contributed by atoms with Crippen LogP contribution in [0.1, 0.15) is 12.5 Å². The number of carbonyl (C=O) groups excluding carboxylic acids is 2. The molecule has 1 aromatic carbocycles. The normalized spacial score (nSPS) is 12.2. The Kier molecular flexibility index (Phi) is 5.58. The van der Waals surface area contributed by atoms with Gasteiger partial charge in [-0.15, -0.1) is 0 Å². The summed E-state index contributed by atoms with van der Waals surface area (Å²) in [6.07, 6.45) is 3.05. The van der Waals surface area contributed by atoms with Crippen molar-refractivity contribution in [3.63, 3.8) is 0 Å². The molecule has 96 valence electrons. The van der Waals surface area contributed by atoms with Crippen molar-refractivity contribution < 1.29 is 14.3 Å². The highest BCUT2D eigenvalue weighted by Gasteiger charge is 2.13. The van der Waals surface area contributed by atoms with E-state index < -0.39 is 12.0 Å². The first-order valence-electron chi connectivity index (χ1n) is 5.35. The van der Waals surface area contributed by atoms with E-state index in [0.29, 0.717) is 0 Å². The maximum absolute atomic E-state index is 11.5. The Morgan fingerprint density at radius 1 is 1.44 bits per heavy atom. The van der Waals surface area contributed by atoms with Gasteiger partial charge in [-0.3, -0.25) is 4.79 Å². The molecule has 0 fully saturated rings. The third-order valence-corrected chi connectivity index (χ3v) is 2.68. The first-order valence-corrected chi connectivity index (χ1v) is 6.14. The van der Waals surface area contributed by atoms with E-state index in [4.69, 9.17) is 0 Å². The Morgan fingerprint density at radius 2 is 2.17 bits per heavy atom. The SMILES string of the molecule is COC(=O)[C@H](C)NC(=O)/C=C/c1cccc(Br)c1. The van der Waals surface area contributed by atoms with E-state index in [1.165, 1.54) is 13.2 Å². The average molecular weight is 312 g/mol. The lowest BCUT2D eigenvalue weighted by molar-refractivity contribution is -0.144. The van der Waals surface area contributed by atoms with Gasteiger partial charge in [-0.25, -0.2) is 4.79 Å². The second kappa shape index (κ2) is 6.96. The fraction of sp³-hybridized carbons (Fsp3) is 0.231. The number of hydrogen-bond acceptors (Lipinski definition) is 3. The Balaban J connectivity index is 2.57. The van der Waals surface area contributed by atoms with Crippen LogP contribution in [0.25, 0.3) is 6.08 Å². The van der Waals surface area contributed by atoms with Gasteiger partial charge in [0.05, 0.1) is 7.11 Å². The number of carbonyl (C=O) groups is 2. The van der Waals surface area contributed by atoms with Crippen LogP contribution < -0.4 is 5.32 Å². The predicted octanol–water partition coefficient (Wildman–Crippen LogP) is 2.14. The second-order valence-corrected chi connectivity index (χ2v) is 4.56. The monoisotopic (exact) mass is 311 g/mol. The Morgan fingerprint density at radius 3 is 2.78 bits per heavy atom. The fourth-order valence-corrected chi connectivity index (χ4v) is 1.70. The first-order chi connectivity index (χ1) is 8.52. The molecule has 5 heteroatoms. The second-order valence-electron chi connectivity index (χ2n) is 3.64. The molecule has 0 aromatic heterocycles. The van der Waals surface area contributed by atoms with Crippen molar-refractivity contribution in [1.29, 1.82) is 0 Å². The molecule has 18 heavy (non-hydrogen) atoms. The molecule has 1 rings (SSSR count). The number of nitrogens with one attached hydrogen (secondary N) is 1. The third kappa shape index (κ3) is 4.71. The summed E-state index contributed by atoms with van der Waals surface area (Å²) < 4.78 is 5.45. The van der Waals surface area contributed by atoms with E-state index >= 15 is 0 Å². The van der Waals surface area contributed by atoms with Crippen LogP contribution in [0.15, 0.2) is 34.8 Å². The van der Waals surface area contributed by atoms with E-state index in [1.54, 1.807) is 13.0 Å². The molecule has 0 radical (unpaired) electrons. The van der Waals surface area contributed by atoms with Crippen LogP contribution in [0.4, 0.5) is 0 Å². The Hall–Kier alpha value is -1.62. The van der Waals surface area contributed by atoms with Crippen molar-refractivity contribution in [2.75, 3.05) is 7.11 Å². The van der Waals surface area contributed by atoms with E-state index in [-0.39, 0.29) is 5.91 Å². The Bertz CT molecular complexity index is 471. The van der Waals surface area contributed by atoms with Crippen molar-refractivity contribution in [2.45, 2.75) is 13.0 Å². The van der Waals surface area contributed by atoms with Gasteiger partial charge in [0.2, 0.25) is 5.91 Å². The Labute approximate surface area is 114 Å². The molecule has 0 saturated heterocycles. The summed E-state index contributed by atoms with van der Waals surface area (Å²) in [5, 5.41) is 2.50. The van der Waals surface area contributed by atoms with Crippen LogP contribution in [0.5, 0.6) is 0 Å². The minimum Gasteiger partial charge on any atom is -0.467 e. The molecule has 0 aliphatic heterocycles. The van der Waals surface area contributed by atoms with E-state index in [2.05, 4.69) is 26.0 Å². The van der Waals surface area contributed by atoms with Gasteiger partial charge in [0.25, 0.3) is 0 Å². The van der Waals surface area contributed by atoms with Gasteiger partial charge < -0.3 is 10.1 Å². The maximum Gasteiger partial charge on any atom is 0.328 e. The van der Waals surface area contributed by atoms with Crippen molar-refractivity contribution >= 4 is 33.9 Å². The first kappa shape index (κ1) is 14.4.